The highest BCUT2D eigenvalue weighted by Crippen LogP contribution is 2.50. The Labute approximate surface area is 185 Å². The van der Waals surface area contributed by atoms with Gasteiger partial charge in [0.05, 0.1) is 51.2 Å². The molecule has 1 heterocycles. The van der Waals surface area contributed by atoms with Gasteiger partial charge in [0.25, 0.3) is 0 Å². The molecule has 0 atom stereocenters. The highest BCUT2D eigenvalue weighted by Gasteiger charge is 2.23. The van der Waals surface area contributed by atoms with E-state index in [1.54, 1.807) is 12.1 Å². The van der Waals surface area contributed by atoms with Gasteiger partial charge in [0.1, 0.15) is 0 Å². The minimum absolute atomic E-state index is 0.276. The van der Waals surface area contributed by atoms with E-state index in [-0.39, 0.29) is 5.69 Å². The molecular formula is C24H24N8. The van der Waals surface area contributed by atoms with Crippen LogP contribution in [-0.4, -0.2) is 0 Å². The normalized spacial score (nSPS) is 11.8. The lowest BCUT2D eigenvalue weighted by Gasteiger charge is -2.26. The van der Waals surface area contributed by atoms with Crippen molar-refractivity contribution >= 4 is 56.9 Å². The zero-order valence-corrected chi connectivity index (χ0v) is 17.2. The predicted octanol–water partition coefficient (Wildman–Crippen LogP) is 4.31. The second-order valence-corrected chi connectivity index (χ2v) is 7.84. The molecule has 0 saturated carbocycles. The van der Waals surface area contributed by atoms with Gasteiger partial charge in [-0.25, -0.2) is 0 Å². The summed E-state index contributed by atoms with van der Waals surface area (Å²) in [5.41, 5.74) is 46.6. The van der Waals surface area contributed by atoms with Crippen molar-refractivity contribution < 1.29 is 0 Å². The zero-order valence-electron chi connectivity index (χ0n) is 17.2. The smallest absolute Gasteiger partial charge is 0.0887 e. The predicted molar refractivity (Wildman–Crippen MR) is 137 cm³/mol. The SMILES string of the molecule is Nc1ccc(-c2c(N)c(N)c(N)c3c2Nc2cc(ccc2N)-c2ccc(N)c(c2)N3)cc1. The Morgan fingerprint density at radius 1 is 0.469 bits per heavy atom. The number of fused-ring (bicyclic) bond motifs is 6. The molecule has 0 aromatic heterocycles. The van der Waals surface area contributed by atoms with Gasteiger partial charge >= 0.3 is 0 Å². The van der Waals surface area contributed by atoms with Crippen LogP contribution in [0.2, 0.25) is 0 Å². The molecule has 0 aliphatic carbocycles. The van der Waals surface area contributed by atoms with Crippen molar-refractivity contribution in [1.29, 1.82) is 0 Å². The molecule has 32 heavy (non-hydrogen) atoms. The van der Waals surface area contributed by atoms with Crippen LogP contribution in [0, 0.1) is 0 Å². The first-order valence-electron chi connectivity index (χ1n) is 10.0. The van der Waals surface area contributed by atoms with Crippen molar-refractivity contribution in [3.05, 3.63) is 60.7 Å². The molecule has 8 nitrogen and oxygen atoms in total. The fraction of sp³-hybridized carbons (Fsp3) is 0. The average molecular weight is 425 g/mol. The molecule has 0 amide bonds. The van der Waals surface area contributed by atoms with E-state index in [0.717, 1.165) is 16.7 Å². The van der Waals surface area contributed by atoms with Crippen LogP contribution >= 0.6 is 0 Å². The van der Waals surface area contributed by atoms with Gasteiger partial charge in [-0.15, -0.1) is 0 Å². The van der Waals surface area contributed by atoms with Crippen molar-refractivity contribution in [1.82, 2.24) is 0 Å². The standard InChI is InChI=1S/C24H24N8/c25-14-5-1-11(2-6-14)19-20(28)21(29)22(30)24-23(19)31-17-9-12(3-7-15(17)26)13-4-8-16(27)18(10-13)32-24/h1-10,31-32H,25-30H2. The van der Waals surface area contributed by atoms with Crippen LogP contribution in [-0.2, 0) is 0 Å². The molecule has 4 aromatic rings. The van der Waals surface area contributed by atoms with Gasteiger partial charge in [0, 0.05) is 11.3 Å². The molecule has 8 heteroatoms. The van der Waals surface area contributed by atoms with E-state index in [4.69, 9.17) is 34.4 Å². The van der Waals surface area contributed by atoms with Crippen molar-refractivity contribution in [2.24, 2.45) is 0 Å². The van der Waals surface area contributed by atoms with E-state index in [1.807, 2.05) is 48.5 Å². The van der Waals surface area contributed by atoms with Gasteiger partial charge in [-0.1, -0.05) is 24.3 Å². The summed E-state index contributed by atoms with van der Waals surface area (Å²) < 4.78 is 0. The summed E-state index contributed by atoms with van der Waals surface area (Å²) >= 11 is 0. The van der Waals surface area contributed by atoms with Crippen LogP contribution < -0.4 is 45.0 Å². The number of benzene rings is 4. The summed E-state index contributed by atoms with van der Waals surface area (Å²) in [6.45, 7) is 0. The van der Waals surface area contributed by atoms with Crippen molar-refractivity contribution in [2.45, 2.75) is 0 Å². The third kappa shape index (κ3) is 2.93. The molecule has 14 N–H and O–H groups in total. The fourth-order valence-electron chi connectivity index (χ4n) is 3.97. The maximum Gasteiger partial charge on any atom is 0.0887 e. The van der Waals surface area contributed by atoms with Crippen LogP contribution in [0.15, 0.2) is 60.7 Å². The summed E-state index contributed by atoms with van der Waals surface area (Å²) in [6.07, 6.45) is 0. The van der Waals surface area contributed by atoms with Crippen LogP contribution in [0.4, 0.5) is 56.9 Å². The molecule has 4 bridgehead atoms. The Hall–Kier alpha value is -4.72. The molecule has 0 radical (unpaired) electrons. The first-order chi connectivity index (χ1) is 15.3. The third-order valence-corrected chi connectivity index (χ3v) is 5.78. The molecular weight excluding hydrogens is 400 g/mol. The van der Waals surface area contributed by atoms with E-state index in [9.17, 15) is 0 Å². The molecule has 1 aliphatic rings. The maximum atomic E-state index is 6.49. The van der Waals surface area contributed by atoms with Gasteiger partial charge in [-0.3, -0.25) is 0 Å². The summed E-state index contributed by atoms with van der Waals surface area (Å²) in [7, 11) is 0. The highest BCUT2D eigenvalue weighted by atomic mass is 15.0. The second kappa shape index (κ2) is 6.92. The van der Waals surface area contributed by atoms with Crippen LogP contribution in [0.5, 0.6) is 0 Å². The lowest BCUT2D eigenvalue weighted by molar-refractivity contribution is 1.47. The van der Waals surface area contributed by atoms with Gasteiger partial charge in [0.15, 0.2) is 0 Å². The number of anilines is 10. The second-order valence-electron chi connectivity index (χ2n) is 7.84. The lowest BCUT2D eigenvalue weighted by atomic mass is 9.95. The average Bonchev–Trinajstić information content (AvgIpc) is 2.78. The number of hydrogen-bond donors (Lipinski definition) is 8. The maximum absolute atomic E-state index is 6.49. The number of hydrogen-bond acceptors (Lipinski definition) is 8. The first-order valence-corrected chi connectivity index (χ1v) is 10.0. The minimum atomic E-state index is 0.276. The Morgan fingerprint density at radius 3 is 1.53 bits per heavy atom. The van der Waals surface area contributed by atoms with Crippen molar-refractivity contribution in [2.75, 3.05) is 45.0 Å². The quantitative estimate of drug-likeness (QED) is 0.183. The van der Waals surface area contributed by atoms with E-state index in [0.29, 0.717) is 56.7 Å². The van der Waals surface area contributed by atoms with Gasteiger partial charge in [0.2, 0.25) is 0 Å². The van der Waals surface area contributed by atoms with Crippen LogP contribution in [0.1, 0.15) is 0 Å². The van der Waals surface area contributed by atoms with Crippen molar-refractivity contribution in [3.63, 3.8) is 0 Å². The summed E-state index contributed by atoms with van der Waals surface area (Å²) in [4.78, 5) is 0. The molecule has 160 valence electrons. The van der Waals surface area contributed by atoms with E-state index < -0.39 is 0 Å². The number of nitrogen functional groups attached to an aromatic ring is 6. The minimum Gasteiger partial charge on any atom is -0.399 e. The molecule has 1 aliphatic heterocycles. The molecule has 0 saturated heterocycles. The Bertz CT molecular complexity index is 1380. The Balaban J connectivity index is 1.88. The first kappa shape index (κ1) is 19.3. The number of nitrogens with two attached hydrogens (primary N) is 6. The fourth-order valence-corrected chi connectivity index (χ4v) is 3.97. The lowest BCUT2D eigenvalue weighted by Crippen LogP contribution is -2.11. The largest absolute Gasteiger partial charge is 0.399 e. The topological polar surface area (TPSA) is 180 Å². The number of rotatable bonds is 1. The summed E-state index contributed by atoms with van der Waals surface area (Å²) in [6, 6.07) is 18.9. The van der Waals surface area contributed by atoms with E-state index >= 15 is 0 Å². The van der Waals surface area contributed by atoms with Gasteiger partial charge < -0.3 is 45.0 Å². The van der Waals surface area contributed by atoms with E-state index in [1.165, 1.54) is 0 Å². The molecule has 0 unspecified atom stereocenters. The molecule has 5 rings (SSSR count). The summed E-state index contributed by atoms with van der Waals surface area (Å²) in [5.74, 6) is 0. The Morgan fingerprint density at radius 2 is 0.969 bits per heavy atom. The third-order valence-electron chi connectivity index (χ3n) is 5.78. The van der Waals surface area contributed by atoms with E-state index in [2.05, 4.69) is 10.6 Å². The van der Waals surface area contributed by atoms with Crippen LogP contribution in [0.3, 0.4) is 0 Å². The monoisotopic (exact) mass is 424 g/mol. The molecule has 0 fully saturated rings. The zero-order chi connectivity index (χ0) is 22.6. The molecule has 0 spiro atoms. The Kier molecular flexibility index (Phi) is 4.16. The molecule has 4 aromatic carbocycles. The van der Waals surface area contributed by atoms with Gasteiger partial charge in [-0.2, -0.15) is 0 Å². The number of nitrogens with one attached hydrogen (secondary N) is 2. The highest BCUT2D eigenvalue weighted by molar-refractivity contribution is 6.10. The summed E-state index contributed by atoms with van der Waals surface area (Å²) in [5, 5.41) is 6.82. The van der Waals surface area contributed by atoms with Gasteiger partial charge in [-0.05, 0) is 53.1 Å². The van der Waals surface area contributed by atoms with Crippen LogP contribution in [0.25, 0.3) is 22.3 Å². The van der Waals surface area contributed by atoms with Crippen molar-refractivity contribution in [3.8, 4) is 22.3 Å².